The van der Waals surface area contributed by atoms with E-state index in [0.717, 1.165) is 4.70 Å². The molecule has 0 saturated heterocycles. The van der Waals surface area contributed by atoms with Crippen molar-refractivity contribution in [1.82, 2.24) is 4.57 Å². The number of rotatable bonds is 4. The fourth-order valence-electron chi connectivity index (χ4n) is 2.89. The predicted octanol–water partition coefficient (Wildman–Crippen LogP) is 2.55. The Hall–Kier alpha value is -3.46. The van der Waals surface area contributed by atoms with Crippen LogP contribution in [0.25, 0.3) is 10.2 Å². The fourth-order valence-corrected chi connectivity index (χ4v) is 3.93. The molecule has 0 atom stereocenters. The Balaban J connectivity index is 1.80. The molecule has 0 spiro atoms. The number of ether oxygens (including phenoxy) is 3. The molecule has 9 heteroatoms. The monoisotopic (exact) mass is 412 g/mol. The van der Waals surface area contributed by atoms with Crippen LogP contribution in [0.1, 0.15) is 27.6 Å². The molecule has 1 aromatic heterocycles. The van der Waals surface area contributed by atoms with Crippen molar-refractivity contribution in [1.29, 1.82) is 0 Å². The summed E-state index contributed by atoms with van der Waals surface area (Å²) in [5.41, 5.74) is 1.54. The van der Waals surface area contributed by atoms with Gasteiger partial charge in [-0.05, 0) is 19.1 Å². The molecule has 1 amide bonds. The van der Waals surface area contributed by atoms with Crippen molar-refractivity contribution in [2.24, 2.45) is 4.99 Å². The van der Waals surface area contributed by atoms with Crippen LogP contribution >= 0.6 is 11.3 Å². The highest BCUT2D eigenvalue weighted by Gasteiger charge is 2.19. The van der Waals surface area contributed by atoms with E-state index in [2.05, 4.69) is 4.99 Å². The first kappa shape index (κ1) is 18.9. The average Bonchev–Trinajstić information content (AvgIpc) is 3.30. The van der Waals surface area contributed by atoms with Gasteiger partial charge in [0, 0.05) is 23.3 Å². The highest BCUT2D eigenvalue weighted by Crippen LogP contribution is 2.37. The normalized spacial score (nSPS) is 13.0. The minimum absolute atomic E-state index is 0.0844. The van der Waals surface area contributed by atoms with Crippen LogP contribution in [0.2, 0.25) is 0 Å². The SMILES string of the molecule is COC(=O)Cn1c(=NC(=O)c2ccc(C(C)=O)cc2)sc2cc3c(cc21)OCO3. The second-order valence-corrected chi connectivity index (χ2v) is 7.28. The van der Waals surface area contributed by atoms with Crippen molar-refractivity contribution >= 4 is 39.2 Å². The number of amides is 1. The zero-order valence-electron chi connectivity index (χ0n) is 15.6. The van der Waals surface area contributed by atoms with Crippen LogP contribution in [0.15, 0.2) is 41.4 Å². The number of aromatic nitrogens is 1. The summed E-state index contributed by atoms with van der Waals surface area (Å²) in [7, 11) is 1.30. The quantitative estimate of drug-likeness (QED) is 0.483. The molecule has 2 aromatic carbocycles. The summed E-state index contributed by atoms with van der Waals surface area (Å²) in [6, 6.07) is 9.81. The maximum Gasteiger partial charge on any atom is 0.325 e. The van der Waals surface area contributed by atoms with Gasteiger partial charge in [-0.2, -0.15) is 4.99 Å². The number of hydrogen-bond donors (Lipinski definition) is 0. The molecular weight excluding hydrogens is 396 g/mol. The second kappa shape index (κ2) is 7.51. The Bertz CT molecular complexity index is 1210. The number of nitrogens with zero attached hydrogens (tertiary/aromatic N) is 2. The van der Waals surface area contributed by atoms with Crippen molar-refractivity contribution in [3.63, 3.8) is 0 Å². The van der Waals surface area contributed by atoms with E-state index in [1.807, 2.05) is 0 Å². The summed E-state index contributed by atoms with van der Waals surface area (Å²) in [4.78, 5) is 40.5. The molecular formula is C20H16N2O6S. The summed E-state index contributed by atoms with van der Waals surface area (Å²) in [5, 5.41) is 0. The summed E-state index contributed by atoms with van der Waals surface area (Å²) in [6.45, 7) is 1.49. The Kier molecular flexibility index (Phi) is 4.89. The number of methoxy groups -OCH3 is 1. The van der Waals surface area contributed by atoms with Gasteiger partial charge in [-0.25, -0.2) is 0 Å². The van der Waals surface area contributed by atoms with Gasteiger partial charge in [0.25, 0.3) is 5.91 Å². The van der Waals surface area contributed by atoms with Gasteiger partial charge in [0.05, 0.1) is 17.3 Å². The molecule has 4 rings (SSSR count). The van der Waals surface area contributed by atoms with Gasteiger partial charge >= 0.3 is 5.97 Å². The lowest BCUT2D eigenvalue weighted by Gasteiger charge is -2.04. The van der Waals surface area contributed by atoms with Crippen molar-refractivity contribution in [3.8, 4) is 11.5 Å². The largest absolute Gasteiger partial charge is 0.468 e. The van der Waals surface area contributed by atoms with Crippen LogP contribution < -0.4 is 14.3 Å². The average molecular weight is 412 g/mol. The summed E-state index contributed by atoms with van der Waals surface area (Å²) in [5.74, 6) is 0.125. The number of fused-ring (bicyclic) bond motifs is 2. The van der Waals surface area contributed by atoms with E-state index >= 15 is 0 Å². The van der Waals surface area contributed by atoms with Crippen LogP contribution in [0, 0.1) is 0 Å². The zero-order chi connectivity index (χ0) is 20.5. The highest BCUT2D eigenvalue weighted by molar-refractivity contribution is 7.16. The second-order valence-electron chi connectivity index (χ2n) is 6.27. The Labute approximate surface area is 169 Å². The highest BCUT2D eigenvalue weighted by atomic mass is 32.1. The van der Waals surface area contributed by atoms with Gasteiger partial charge < -0.3 is 18.8 Å². The van der Waals surface area contributed by atoms with Gasteiger partial charge in [-0.3, -0.25) is 14.4 Å². The number of esters is 1. The fraction of sp³-hybridized carbons (Fsp3) is 0.200. The van der Waals surface area contributed by atoms with Crippen LogP contribution in [0.4, 0.5) is 0 Å². The molecule has 0 fully saturated rings. The van der Waals surface area contributed by atoms with Gasteiger partial charge in [0.1, 0.15) is 6.54 Å². The summed E-state index contributed by atoms with van der Waals surface area (Å²) in [6.07, 6.45) is 0. The van der Waals surface area contributed by atoms with Gasteiger partial charge in [-0.15, -0.1) is 0 Å². The smallest absolute Gasteiger partial charge is 0.325 e. The molecule has 0 saturated carbocycles. The van der Waals surface area contributed by atoms with Gasteiger partial charge in [0.2, 0.25) is 6.79 Å². The zero-order valence-corrected chi connectivity index (χ0v) is 16.4. The molecule has 3 aromatic rings. The first-order chi connectivity index (χ1) is 14.0. The molecule has 0 radical (unpaired) electrons. The maximum atomic E-state index is 12.7. The van der Waals surface area contributed by atoms with E-state index in [-0.39, 0.29) is 19.1 Å². The number of hydrogen-bond acceptors (Lipinski definition) is 7. The number of Topliss-reactive ketones (excluding diaryl/α,β-unsaturated/α-hetero) is 1. The molecule has 0 aliphatic carbocycles. The molecule has 29 heavy (non-hydrogen) atoms. The number of carbonyl (C=O) groups is 3. The maximum absolute atomic E-state index is 12.7. The lowest BCUT2D eigenvalue weighted by Crippen LogP contribution is -2.22. The minimum atomic E-state index is -0.481. The third-order valence-electron chi connectivity index (χ3n) is 4.43. The van der Waals surface area contributed by atoms with Crippen molar-refractivity contribution < 1.29 is 28.6 Å². The molecule has 8 nitrogen and oxygen atoms in total. The van der Waals surface area contributed by atoms with Crippen LogP contribution in [0.3, 0.4) is 0 Å². The van der Waals surface area contributed by atoms with E-state index in [0.29, 0.717) is 32.9 Å². The molecule has 0 unspecified atom stereocenters. The molecule has 0 N–H and O–H groups in total. The van der Waals surface area contributed by atoms with E-state index in [9.17, 15) is 14.4 Å². The standard InChI is InChI=1S/C20H16N2O6S/c1-11(23)12-3-5-13(6-4-12)19(25)21-20-22(9-18(24)26-2)14-7-15-16(28-10-27-15)8-17(14)29-20/h3-8H,9-10H2,1-2H3. The number of thiazole rings is 1. The molecule has 2 heterocycles. The summed E-state index contributed by atoms with van der Waals surface area (Å²) < 4.78 is 18.0. The van der Waals surface area contributed by atoms with Crippen molar-refractivity contribution in [2.75, 3.05) is 13.9 Å². The lowest BCUT2D eigenvalue weighted by molar-refractivity contribution is -0.141. The Morgan fingerprint density at radius 2 is 1.76 bits per heavy atom. The minimum Gasteiger partial charge on any atom is -0.468 e. The predicted molar refractivity (Wildman–Crippen MR) is 104 cm³/mol. The first-order valence-corrected chi connectivity index (χ1v) is 9.48. The van der Waals surface area contributed by atoms with Gasteiger partial charge in [-0.1, -0.05) is 23.5 Å². The number of ketones is 1. The third-order valence-corrected chi connectivity index (χ3v) is 5.47. The Morgan fingerprint density at radius 3 is 2.41 bits per heavy atom. The van der Waals surface area contributed by atoms with E-state index < -0.39 is 11.9 Å². The number of benzene rings is 2. The molecule has 1 aliphatic heterocycles. The van der Waals surface area contributed by atoms with Crippen LogP contribution in [-0.2, 0) is 16.1 Å². The van der Waals surface area contributed by atoms with E-state index in [4.69, 9.17) is 14.2 Å². The Morgan fingerprint density at radius 1 is 1.10 bits per heavy atom. The third kappa shape index (κ3) is 3.64. The van der Waals surface area contributed by atoms with Gasteiger partial charge in [0.15, 0.2) is 22.1 Å². The van der Waals surface area contributed by atoms with Crippen LogP contribution in [-0.4, -0.2) is 36.1 Å². The van der Waals surface area contributed by atoms with E-state index in [1.165, 1.54) is 25.4 Å². The number of carbonyl (C=O) groups excluding carboxylic acids is 3. The summed E-state index contributed by atoms with van der Waals surface area (Å²) >= 11 is 1.25. The lowest BCUT2D eigenvalue weighted by atomic mass is 10.1. The first-order valence-electron chi connectivity index (χ1n) is 8.66. The molecule has 148 valence electrons. The van der Waals surface area contributed by atoms with Crippen LogP contribution in [0.5, 0.6) is 11.5 Å². The molecule has 1 aliphatic rings. The topological polar surface area (TPSA) is 96.2 Å². The van der Waals surface area contributed by atoms with Crippen molar-refractivity contribution in [2.45, 2.75) is 13.5 Å². The molecule has 0 bridgehead atoms. The van der Waals surface area contributed by atoms with E-state index in [1.54, 1.807) is 41.0 Å². The van der Waals surface area contributed by atoms with Crippen molar-refractivity contribution in [3.05, 3.63) is 52.3 Å².